The van der Waals surface area contributed by atoms with Crippen molar-refractivity contribution in [3.8, 4) is 0 Å². The zero-order valence-electron chi connectivity index (χ0n) is 14.1. The Morgan fingerprint density at radius 3 is 1.87 bits per heavy atom. The lowest BCUT2D eigenvalue weighted by atomic mass is 9.88. The molecule has 1 amide bonds. The summed E-state index contributed by atoms with van der Waals surface area (Å²) >= 11 is 0. The summed E-state index contributed by atoms with van der Waals surface area (Å²) in [6.45, 7) is 0. The van der Waals surface area contributed by atoms with Gasteiger partial charge in [0.2, 0.25) is 5.91 Å². The van der Waals surface area contributed by atoms with Crippen LogP contribution in [-0.4, -0.2) is 22.9 Å². The maximum atomic E-state index is 13.0. The number of hydrogen-bond donors (Lipinski definition) is 0. The molecule has 1 aromatic rings. The van der Waals surface area contributed by atoms with Gasteiger partial charge in [-0.2, -0.15) is 0 Å². The quantitative estimate of drug-likeness (QED) is 0.700. The average Bonchev–Trinajstić information content (AvgIpc) is 2.63. The number of hydrogen-bond acceptors (Lipinski definition) is 1. The molecule has 0 aliphatic heterocycles. The number of nitrogens with zero attached hydrogens (tertiary/aromatic N) is 1. The average molecular weight is 311 g/mol. The van der Waals surface area contributed by atoms with E-state index in [9.17, 15) is 4.79 Å². The minimum atomic E-state index is 0.229. The summed E-state index contributed by atoms with van der Waals surface area (Å²) in [6.07, 6.45) is 16.4. The molecule has 2 aliphatic rings. The predicted octanol–water partition coefficient (Wildman–Crippen LogP) is 5.19. The van der Waals surface area contributed by atoms with E-state index in [-0.39, 0.29) is 5.91 Å². The lowest BCUT2D eigenvalue weighted by Crippen LogP contribution is -2.48. The van der Waals surface area contributed by atoms with E-state index in [1.807, 2.05) is 24.3 Å². The molecule has 2 fully saturated rings. The highest BCUT2D eigenvalue weighted by Crippen LogP contribution is 2.30. The highest BCUT2D eigenvalue weighted by molar-refractivity contribution is 5.92. The lowest BCUT2D eigenvalue weighted by molar-refractivity contribution is -0.132. The third kappa shape index (κ3) is 4.46. The van der Waals surface area contributed by atoms with Crippen molar-refractivity contribution in [3.05, 3.63) is 42.0 Å². The van der Waals surface area contributed by atoms with Crippen molar-refractivity contribution in [1.29, 1.82) is 0 Å². The smallest absolute Gasteiger partial charge is 0.247 e. The van der Waals surface area contributed by atoms with Crippen LogP contribution in [0.5, 0.6) is 0 Å². The minimum Gasteiger partial charge on any atom is -0.333 e. The monoisotopic (exact) mass is 311 g/mol. The molecule has 3 rings (SSSR count). The second-order valence-electron chi connectivity index (χ2n) is 7.07. The van der Waals surface area contributed by atoms with E-state index in [0.717, 1.165) is 5.56 Å². The molecule has 0 unspecified atom stereocenters. The first-order valence-corrected chi connectivity index (χ1v) is 9.40. The Bertz CT molecular complexity index is 492. The summed E-state index contributed by atoms with van der Waals surface area (Å²) in [7, 11) is 0. The Morgan fingerprint density at radius 2 is 1.35 bits per heavy atom. The van der Waals surface area contributed by atoms with E-state index in [1.54, 1.807) is 6.08 Å². The molecule has 23 heavy (non-hydrogen) atoms. The molecule has 1 aromatic carbocycles. The Balaban J connectivity index is 1.73. The van der Waals surface area contributed by atoms with Gasteiger partial charge in [-0.15, -0.1) is 0 Å². The van der Waals surface area contributed by atoms with Crippen LogP contribution in [0.25, 0.3) is 6.08 Å². The van der Waals surface area contributed by atoms with Gasteiger partial charge >= 0.3 is 0 Å². The van der Waals surface area contributed by atoms with Gasteiger partial charge in [0.25, 0.3) is 0 Å². The molecule has 0 heterocycles. The first-order valence-electron chi connectivity index (χ1n) is 9.40. The fourth-order valence-electron chi connectivity index (χ4n) is 4.19. The molecule has 124 valence electrons. The summed E-state index contributed by atoms with van der Waals surface area (Å²) in [4.78, 5) is 15.2. The van der Waals surface area contributed by atoms with Gasteiger partial charge in [0.05, 0.1) is 0 Å². The summed E-state index contributed by atoms with van der Waals surface area (Å²) in [5.74, 6) is 0.229. The fraction of sp³-hybridized carbons (Fsp3) is 0.571. The zero-order chi connectivity index (χ0) is 15.9. The molecule has 2 nitrogen and oxygen atoms in total. The number of benzene rings is 1. The van der Waals surface area contributed by atoms with Gasteiger partial charge in [-0.3, -0.25) is 4.79 Å². The van der Waals surface area contributed by atoms with Crippen LogP contribution in [0.15, 0.2) is 36.4 Å². The van der Waals surface area contributed by atoms with Crippen molar-refractivity contribution >= 4 is 12.0 Å². The molecule has 2 saturated carbocycles. The maximum Gasteiger partial charge on any atom is 0.247 e. The van der Waals surface area contributed by atoms with Crippen LogP contribution in [0, 0.1) is 0 Å². The van der Waals surface area contributed by atoms with Crippen LogP contribution in [0.4, 0.5) is 0 Å². The van der Waals surface area contributed by atoms with Gasteiger partial charge in [-0.25, -0.2) is 0 Å². The van der Waals surface area contributed by atoms with E-state index in [1.165, 1.54) is 64.2 Å². The third-order valence-corrected chi connectivity index (χ3v) is 5.41. The standard InChI is InChI=1S/C21H29NO/c23-21(17-16-18-10-4-1-5-11-18)22(19-12-6-2-7-13-19)20-14-8-3-9-15-20/h1,4-5,10-11,16-17,19-20H,2-3,6-9,12-15H2/b17-16+. The van der Waals surface area contributed by atoms with Gasteiger partial charge in [-0.1, -0.05) is 68.9 Å². The van der Waals surface area contributed by atoms with Crippen LogP contribution in [-0.2, 0) is 4.79 Å². The SMILES string of the molecule is O=C(/C=C/c1ccccc1)N(C1CCCCC1)C1CCCCC1. The van der Waals surface area contributed by atoms with Crippen molar-refractivity contribution in [2.45, 2.75) is 76.3 Å². The van der Waals surface area contributed by atoms with E-state index < -0.39 is 0 Å². The Kier molecular flexibility index (Phi) is 5.90. The molecular formula is C21H29NO. The number of carbonyl (C=O) groups is 1. The Labute approximate surface area is 140 Å². The van der Waals surface area contributed by atoms with E-state index >= 15 is 0 Å². The highest BCUT2D eigenvalue weighted by atomic mass is 16.2. The Morgan fingerprint density at radius 1 is 0.826 bits per heavy atom. The van der Waals surface area contributed by atoms with Crippen LogP contribution in [0.2, 0.25) is 0 Å². The first kappa shape index (κ1) is 16.3. The maximum absolute atomic E-state index is 13.0. The van der Waals surface area contributed by atoms with Crippen LogP contribution in [0.3, 0.4) is 0 Å². The molecule has 0 spiro atoms. The molecule has 0 N–H and O–H groups in total. The summed E-state index contributed by atoms with van der Waals surface area (Å²) < 4.78 is 0. The minimum absolute atomic E-state index is 0.229. The lowest BCUT2D eigenvalue weighted by Gasteiger charge is -2.41. The van der Waals surface area contributed by atoms with Gasteiger partial charge in [0.15, 0.2) is 0 Å². The molecule has 0 radical (unpaired) electrons. The Hall–Kier alpha value is -1.57. The van der Waals surface area contributed by atoms with Gasteiger partial charge in [-0.05, 0) is 37.3 Å². The van der Waals surface area contributed by atoms with Crippen LogP contribution in [0.1, 0.15) is 69.8 Å². The molecule has 2 heteroatoms. The van der Waals surface area contributed by atoms with Gasteiger partial charge < -0.3 is 4.90 Å². The van der Waals surface area contributed by atoms with E-state index in [0.29, 0.717) is 12.1 Å². The third-order valence-electron chi connectivity index (χ3n) is 5.41. The van der Waals surface area contributed by atoms with Crippen molar-refractivity contribution in [3.63, 3.8) is 0 Å². The topological polar surface area (TPSA) is 20.3 Å². The van der Waals surface area contributed by atoms with Crippen molar-refractivity contribution < 1.29 is 4.79 Å². The first-order chi connectivity index (χ1) is 11.3. The molecule has 2 aliphatic carbocycles. The van der Waals surface area contributed by atoms with Crippen molar-refractivity contribution in [2.75, 3.05) is 0 Å². The predicted molar refractivity (Wildman–Crippen MR) is 96.1 cm³/mol. The highest BCUT2D eigenvalue weighted by Gasteiger charge is 2.31. The van der Waals surface area contributed by atoms with Crippen LogP contribution >= 0.6 is 0 Å². The number of rotatable bonds is 4. The van der Waals surface area contributed by atoms with E-state index in [4.69, 9.17) is 0 Å². The van der Waals surface area contributed by atoms with Crippen molar-refractivity contribution in [1.82, 2.24) is 4.90 Å². The molecule has 0 saturated heterocycles. The molecule has 0 bridgehead atoms. The zero-order valence-corrected chi connectivity index (χ0v) is 14.1. The van der Waals surface area contributed by atoms with Crippen molar-refractivity contribution in [2.24, 2.45) is 0 Å². The summed E-state index contributed by atoms with van der Waals surface area (Å²) in [5, 5.41) is 0. The van der Waals surface area contributed by atoms with E-state index in [2.05, 4.69) is 17.0 Å². The molecule has 0 aromatic heterocycles. The van der Waals surface area contributed by atoms with Crippen LogP contribution < -0.4 is 0 Å². The second-order valence-corrected chi connectivity index (χ2v) is 7.07. The second kappa shape index (κ2) is 8.33. The summed E-state index contributed by atoms with van der Waals surface area (Å²) in [5.41, 5.74) is 1.10. The molecular weight excluding hydrogens is 282 g/mol. The summed E-state index contributed by atoms with van der Waals surface area (Å²) in [6, 6.07) is 11.1. The molecule has 0 atom stereocenters. The number of carbonyl (C=O) groups excluding carboxylic acids is 1. The largest absolute Gasteiger partial charge is 0.333 e. The normalized spacial score (nSPS) is 20.7. The van der Waals surface area contributed by atoms with Gasteiger partial charge in [0.1, 0.15) is 0 Å². The fourth-order valence-corrected chi connectivity index (χ4v) is 4.19. The van der Waals surface area contributed by atoms with Gasteiger partial charge in [0, 0.05) is 18.2 Å². The number of amides is 1.